The van der Waals surface area contributed by atoms with E-state index < -0.39 is 6.10 Å². The van der Waals surface area contributed by atoms with E-state index in [0.717, 1.165) is 11.3 Å². The van der Waals surface area contributed by atoms with E-state index in [1.54, 1.807) is 6.92 Å². The molecule has 0 aromatic heterocycles. The number of hydrogen-bond donors (Lipinski definition) is 4. The third-order valence-corrected chi connectivity index (χ3v) is 5.15. The van der Waals surface area contributed by atoms with Gasteiger partial charge in [-0.2, -0.15) is 0 Å². The SMILES string of the molecule is Cc1ccc(NC(=O)CSC(C)C(=O)NCC2CNCC2O)cc1.Cl. The van der Waals surface area contributed by atoms with E-state index in [4.69, 9.17) is 0 Å². The minimum Gasteiger partial charge on any atom is -0.391 e. The highest BCUT2D eigenvalue weighted by Gasteiger charge is 2.26. The highest BCUT2D eigenvalue weighted by molar-refractivity contribution is 8.01. The molecule has 3 unspecified atom stereocenters. The Bertz CT molecular complexity index is 571. The van der Waals surface area contributed by atoms with Crippen molar-refractivity contribution in [1.82, 2.24) is 10.6 Å². The minimum atomic E-state index is -0.409. The van der Waals surface area contributed by atoms with Crippen LogP contribution in [0, 0.1) is 12.8 Å². The number of aliphatic hydroxyl groups is 1. The Morgan fingerprint density at radius 1 is 1.32 bits per heavy atom. The molecule has 1 aromatic carbocycles. The Balaban J connectivity index is 0.00000312. The van der Waals surface area contributed by atoms with Gasteiger partial charge in [0.15, 0.2) is 0 Å². The maximum Gasteiger partial charge on any atom is 0.234 e. The van der Waals surface area contributed by atoms with Gasteiger partial charge in [-0.1, -0.05) is 17.7 Å². The summed E-state index contributed by atoms with van der Waals surface area (Å²) < 4.78 is 0. The number of rotatable bonds is 7. The van der Waals surface area contributed by atoms with Crippen LogP contribution in [0.5, 0.6) is 0 Å². The number of anilines is 1. The maximum absolute atomic E-state index is 12.0. The van der Waals surface area contributed by atoms with Crippen LogP contribution in [0.2, 0.25) is 0 Å². The first kappa shape index (κ1) is 21.8. The van der Waals surface area contributed by atoms with E-state index in [2.05, 4.69) is 16.0 Å². The zero-order chi connectivity index (χ0) is 17.5. The van der Waals surface area contributed by atoms with Gasteiger partial charge in [0.05, 0.1) is 17.1 Å². The van der Waals surface area contributed by atoms with E-state index in [1.807, 2.05) is 31.2 Å². The van der Waals surface area contributed by atoms with Gasteiger partial charge in [-0.05, 0) is 26.0 Å². The second kappa shape index (κ2) is 10.7. The molecule has 8 heteroatoms. The fourth-order valence-corrected chi connectivity index (χ4v) is 3.12. The predicted octanol–water partition coefficient (Wildman–Crippen LogP) is 1.17. The molecule has 1 heterocycles. The lowest BCUT2D eigenvalue weighted by Crippen LogP contribution is -2.38. The molecule has 1 aromatic rings. The summed E-state index contributed by atoms with van der Waals surface area (Å²) in [5.74, 6) is 0.0351. The standard InChI is InChI=1S/C17H25N3O3S.ClH/c1-11-3-5-14(6-4-11)20-16(22)10-24-12(2)17(23)19-8-13-7-18-9-15(13)21;/h3-6,12-13,15,18,21H,7-10H2,1-2H3,(H,19,23)(H,20,22);1H. The van der Waals surface area contributed by atoms with Gasteiger partial charge >= 0.3 is 0 Å². The number of benzene rings is 1. The number of carbonyl (C=O) groups excluding carboxylic acids is 2. The molecule has 1 aliphatic rings. The fourth-order valence-electron chi connectivity index (χ4n) is 2.41. The van der Waals surface area contributed by atoms with Crippen molar-refractivity contribution in [3.05, 3.63) is 29.8 Å². The van der Waals surface area contributed by atoms with Crippen LogP contribution < -0.4 is 16.0 Å². The predicted molar refractivity (Wildman–Crippen MR) is 104 cm³/mol. The average molecular weight is 388 g/mol. The third kappa shape index (κ3) is 7.23. The topological polar surface area (TPSA) is 90.5 Å². The van der Waals surface area contributed by atoms with Crippen LogP contribution in [0.3, 0.4) is 0 Å². The van der Waals surface area contributed by atoms with Crippen molar-refractivity contribution in [2.75, 3.05) is 30.7 Å². The van der Waals surface area contributed by atoms with Crippen molar-refractivity contribution in [2.24, 2.45) is 5.92 Å². The van der Waals surface area contributed by atoms with Crippen molar-refractivity contribution in [1.29, 1.82) is 0 Å². The Kier molecular flexibility index (Phi) is 9.27. The molecule has 1 saturated heterocycles. The molecular weight excluding hydrogens is 362 g/mol. The second-order valence-electron chi connectivity index (χ2n) is 6.10. The molecule has 0 radical (unpaired) electrons. The molecule has 140 valence electrons. The van der Waals surface area contributed by atoms with Crippen molar-refractivity contribution >= 4 is 41.7 Å². The summed E-state index contributed by atoms with van der Waals surface area (Å²) in [5, 5.41) is 18.1. The van der Waals surface area contributed by atoms with Gasteiger partial charge in [0.1, 0.15) is 0 Å². The molecule has 1 aliphatic heterocycles. The summed E-state index contributed by atoms with van der Waals surface area (Å²) in [6, 6.07) is 7.58. The van der Waals surface area contributed by atoms with Crippen LogP contribution in [-0.2, 0) is 9.59 Å². The Labute approximate surface area is 158 Å². The molecule has 2 amide bonds. The van der Waals surface area contributed by atoms with Crippen LogP contribution >= 0.6 is 24.2 Å². The van der Waals surface area contributed by atoms with E-state index in [-0.39, 0.29) is 41.1 Å². The molecular formula is C17H26ClN3O3S. The summed E-state index contributed by atoms with van der Waals surface area (Å²) >= 11 is 1.30. The molecule has 0 saturated carbocycles. The molecule has 2 rings (SSSR count). The molecule has 0 bridgehead atoms. The van der Waals surface area contributed by atoms with Crippen LogP contribution in [-0.4, -0.2) is 53.7 Å². The highest BCUT2D eigenvalue weighted by Crippen LogP contribution is 2.14. The Morgan fingerprint density at radius 2 is 2.00 bits per heavy atom. The molecule has 0 spiro atoms. The van der Waals surface area contributed by atoms with E-state index in [1.165, 1.54) is 11.8 Å². The van der Waals surface area contributed by atoms with Crippen molar-refractivity contribution < 1.29 is 14.7 Å². The first-order valence-corrected chi connectivity index (χ1v) is 9.15. The maximum atomic E-state index is 12.0. The lowest BCUT2D eigenvalue weighted by Gasteiger charge is -2.16. The summed E-state index contributed by atoms with van der Waals surface area (Å²) in [4.78, 5) is 24.0. The van der Waals surface area contributed by atoms with Gasteiger partial charge in [-0.15, -0.1) is 24.2 Å². The average Bonchev–Trinajstić information content (AvgIpc) is 2.97. The first-order valence-electron chi connectivity index (χ1n) is 8.10. The lowest BCUT2D eigenvalue weighted by molar-refractivity contribution is -0.120. The second-order valence-corrected chi connectivity index (χ2v) is 7.43. The van der Waals surface area contributed by atoms with E-state index >= 15 is 0 Å². The third-order valence-electron chi connectivity index (χ3n) is 4.01. The number of aliphatic hydroxyl groups excluding tert-OH is 1. The zero-order valence-corrected chi connectivity index (χ0v) is 16.1. The Morgan fingerprint density at radius 3 is 2.60 bits per heavy atom. The Hall–Kier alpha value is -1.28. The number of halogens is 1. The monoisotopic (exact) mass is 387 g/mol. The number of thioether (sulfide) groups is 1. The quantitative estimate of drug-likeness (QED) is 0.564. The molecule has 0 aliphatic carbocycles. The molecule has 6 nitrogen and oxygen atoms in total. The number of β-amino-alcohol motifs (C(OH)–C–C–N with tert-alkyl or cyclic N) is 1. The van der Waals surface area contributed by atoms with E-state index in [0.29, 0.717) is 19.6 Å². The summed E-state index contributed by atoms with van der Waals surface area (Å²) in [6.45, 7) is 5.50. The molecule has 25 heavy (non-hydrogen) atoms. The van der Waals surface area contributed by atoms with Crippen LogP contribution in [0.4, 0.5) is 5.69 Å². The normalized spacial score (nSPS) is 20.4. The van der Waals surface area contributed by atoms with Crippen LogP contribution in [0.25, 0.3) is 0 Å². The highest BCUT2D eigenvalue weighted by atomic mass is 35.5. The van der Waals surface area contributed by atoms with Gasteiger partial charge in [-0.3, -0.25) is 9.59 Å². The number of carbonyl (C=O) groups is 2. The van der Waals surface area contributed by atoms with Crippen LogP contribution in [0.1, 0.15) is 12.5 Å². The largest absolute Gasteiger partial charge is 0.391 e. The van der Waals surface area contributed by atoms with Gasteiger partial charge in [0.2, 0.25) is 11.8 Å². The van der Waals surface area contributed by atoms with Crippen molar-refractivity contribution in [3.63, 3.8) is 0 Å². The van der Waals surface area contributed by atoms with Crippen LogP contribution in [0.15, 0.2) is 24.3 Å². The van der Waals surface area contributed by atoms with Gasteiger partial charge in [-0.25, -0.2) is 0 Å². The fraction of sp³-hybridized carbons (Fsp3) is 0.529. The molecule has 3 atom stereocenters. The summed E-state index contributed by atoms with van der Waals surface area (Å²) in [6.07, 6.45) is -0.409. The smallest absolute Gasteiger partial charge is 0.234 e. The first-order chi connectivity index (χ1) is 11.5. The summed E-state index contributed by atoms with van der Waals surface area (Å²) in [7, 11) is 0. The summed E-state index contributed by atoms with van der Waals surface area (Å²) in [5.41, 5.74) is 1.89. The van der Waals surface area contributed by atoms with Crippen molar-refractivity contribution in [3.8, 4) is 0 Å². The zero-order valence-electron chi connectivity index (χ0n) is 14.5. The van der Waals surface area contributed by atoms with Gasteiger partial charge in [0.25, 0.3) is 0 Å². The number of hydrogen-bond acceptors (Lipinski definition) is 5. The lowest BCUT2D eigenvalue weighted by atomic mass is 10.1. The number of nitrogens with one attached hydrogen (secondary N) is 3. The van der Waals surface area contributed by atoms with Gasteiger partial charge in [0, 0.05) is 31.2 Å². The van der Waals surface area contributed by atoms with Crippen molar-refractivity contribution in [2.45, 2.75) is 25.2 Å². The minimum absolute atomic E-state index is 0. The van der Waals surface area contributed by atoms with E-state index in [9.17, 15) is 14.7 Å². The number of aryl methyl sites for hydroxylation is 1. The molecule has 1 fully saturated rings. The number of amides is 2. The van der Waals surface area contributed by atoms with Gasteiger partial charge < -0.3 is 21.1 Å². The molecule has 4 N–H and O–H groups in total.